The normalized spacial score (nSPS) is 12.7. The summed E-state index contributed by atoms with van der Waals surface area (Å²) in [5.41, 5.74) is 0. The lowest BCUT2D eigenvalue weighted by atomic mass is 10.3. The number of thioether (sulfide) groups is 1. The van der Waals surface area contributed by atoms with Gasteiger partial charge < -0.3 is 10.1 Å². The van der Waals surface area contributed by atoms with Gasteiger partial charge in [0.1, 0.15) is 0 Å². The number of ether oxygens (including phenoxy) is 1. The number of benzene rings is 1. The van der Waals surface area contributed by atoms with Crippen LogP contribution in [0.25, 0.3) is 0 Å². The Labute approximate surface area is 117 Å². The Morgan fingerprint density at radius 3 is 2.47 bits per heavy atom. The summed E-state index contributed by atoms with van der Waals surface area (Å²) < 4.78 is 5.16. The molecule has 0 aliphatic rings. The van der Waals surface area contributed by atoms with Gasteiger partial charge in [-0.05, 0) is 24.7 Å². The second-order valence-electron chi connectivity index (χ2n) is 3.63. The lowest BCUT2D eigenvalue weighted by Gasteiger charge is -2.16. The van der Waals surface area contributed by atoms with Crippen LogP contribution in [0.5, 0.6) is 0 Å². The van der Waals surface area contributed by atoms with Crippen LogP contribution in [0.1, 0.15) is 6.92 Å². The molecule has 96 valence electrons. The van der Waals surface area contributed by atoms with Crippen molar-refractivity contribution in [2.45, 2.75) is 17.9 Å². The van der Waals surface area contributed by atoms with Crippen LogP contribution in [0.4, 0.5) is 0 Å². The average Bonchev–Trinajstić information content (AvgIpc) is 2.25. The predicted molar refractivity (Wildman–Crippen MR) is 76.5 cm³/mol. The highest BCUT2D eigenvalue weighted by Gasteiger charge is 2.08. The fraction of sp³-hybridized carbons (Fsp3) is 0.500. The summed E-state index contributed by atoms with van der Waals surface area (Å²) >= 11 is 13.6. The average molecular weight is 294 g/mol. The molecule has 0 heterocycles. The van der Waals surface area contributed by atoms with Crippen molar-refractivity contribution in [3.8, 4) is 0 Å². The monoisotopic (exact) mass is 293 g/mol. The first kappa shape index (κ1) is 15.1. The smallest absolute Gasteiger partial charge is 0.0624 e. The summed E-state index contributed by atoms with van der Waals surface area (Å²) in [4.78, 5) is 1.08. The van der Waals surface area contributed by atoms with Gasteiger partial charge in [0.05, 0.1) is 6.61 Å². The summed E-state index contributed by atoms with van der Waals surface area (Å²) in [6.45, 7) is 3.73. The number of hydrogen-bond donors (Lipinski definition) is 1. The lowest BCUT2D eigenvalue weighted by molar-refractivity contribution is 0.174. The molecule has 1 N–H and O–H groups in total. The first-order valence-electron chi connectivity index (χ1n) is 5.47. The maximum Gasteiger partial charge on any atom is 0.0624 e. The summed E-state index contributed by atoms with van der Waals surface area (Å²) in [5.74, 6) is 0.929. The molecule has 0 radical (unpaired) electrons. The van der Waals surface area contributed by atoms with E-state index in [-0.39, 0.29) is 0 Å². The number of hydrogen-bond acceptors (Lipinski definition) is 3. The minimum Gasteiger partial charge on any atom is -0.383 e. The first-order chi connectivity index (χ1) is 8.15. The Hall–Kier alpha value is 0.0700. The van der Waals surface area contributed by atoms with E-state index in [1.54, 1.807) is 24.9 Å². The van der Waals surface area contributed by atoms with Crippen molar-refractivity contribution in [2.24, 2.45) is 0 Å². The van der Waals surface area contributed by atoms with Gasteiger partial charge in [-0.15, -0.1) is 11.8 Å². The van der Waals surface area contributed by atoms with Gasteiger partial charge in [0, 0.05) is 33.8 Å². The molecule has 1 aromatic rings. The zero-order valence-electron chi connectivity index (χ0n) is 10.0. The highest BCUT2D eigenvalue weighted by Crippen LogP contribution is 2.26. The third-order valence-corrected chi connectivity index (χ3v) is 3.72. The van der Waals surface area contributed by atoms with Crippen LogP contribution in [0.3, 0.4) is 0 Å². The number of likely N-dealkylation sites (N-methyl/N-ethyl adjacent to an activating group) is 1. The molecule has 1 aromatic carbocycles. The Morgan fingerprint density at radius 1 is 1.29 bits per heavy atom. The fourth-order valence-electron chi connectivity index (χ4n) is 1.46. The summed E-state index contributed by atoms with van der Waals surface area (Å²) in [7, 11) is 1.71. The number of nitrogens with one attached hydrogen (secondary N) is 1. The van der Waals surface area contributed by atoms with Crippen LogP contribution < -0.4 is 5.32 Å². The molecule has 1 atom stereocenters. The molecule has 0 saturated heterocycles. The van der Waals surface area contributed by atoms with Crippen LogP contribution in [0, 0.1) is 0 Å². The molecule has 17 heavy (non-hydrogen) atoms. The van der Waals surface area contributed by atoms with Gasteiger partial charge in [-0.3, -0.25) is 0 Å². The standard InChI is InChI=1S/C12H17Cl2NOS/c1-3-15-11(7-16-2)8-17-12-5-9(13)4-10(14)6-12/h4-6,11,15H,3,7-8H2,1-2H3. The van der Waals surface area contributed by atoms with Crippen LogP contribution >= 0.6 is 35.0 Å². The minimum atomic E-state index is 0.341. The third-order valence-electron chi connectivity index (χ3n) is 2.15. The van der Waals surface area contributed by atoms with E-state index in [9.17, 15) is 0 Å². The van der Waals surface area contributed by atoms with Crippen molar-refractivity contribution < 1.29 is 4.74 Å². The van der Waals surface area contributed by atoms with E-state index < -0.39 is 0 Å². The molecule has 0 bridgehead atoms. The van der Waals surface area contributed by atoms with E-state index in [0.29, 0.717) is 22.7 Å². The SMILES string of the molecule is CCNC(COC)CSc1cc(Cl)cc(Cl)c1. The quantitative estimate of drug-likeness (QED) is 0.775. The van der Waals surface area contributed by atoms with E-state index in [2.05, 4.69) is 12.2 Å². The second-order valence-corrected chi connectivity index (χ2v) is 5.59. The first-order valence-corrected chi connectivity index (χ1v) is 7.21. The zero-order chi connectivity index (χ0) is 12.7. The molecule has 2 nitrogen and oxygen atoms in total. The molecule has 5 heteroatoms. The molecule has 0 spiro atoms. The van der Waals surface area contributed by atoms with Gasteiger partial charge in [-0.25, -0.2) is 0 Å². The van der Waals surface area contributed by atoms with Crippen LogP contribution in [0.15, 0.2) is 23.1 Å². The van der Waals surface area contributed by atoms with Gasteiger partial charge in [0.25, 0.3) is 0 Å². The predicted octanol–water partition coefficient (Wildman–Crippen LogP) is 3.71. The topological polar surface area (TPSA) is 21.3 Å². The van der Waals surface area contributed by atoms with Crippen molar-refractivity contribution in [3.63, 3.8) is 0 Å². The van der Waals surface area contributed by atoms with E-state index >= 15 is 0 Å². The maximum atomic E-state index is 5.95. The maximum absolute atomic E-state index is 5.95. The molecule has 0 amide bonds. The second kappa shape index (κ2) is 8.22. The molecular weight excluding hydrogens is 277 g/mol. The fourth-order valence-corrected chi connectivity index (χ4v) is 3.15. The van der Waals surface area contributed by atoms with Crippen molar-refractivity contribution >= 4 is 35.0 Å². The van der Waals surface area contributed by atoms with Gasteiger partial charge >= 0.3 is 0 Å². The molecule has 0 fully saturated rings. The van der Waals surface area contributed by atoms with Crippen molar-refractivity contribution in [1.29, 1.82) is 0 Å². The van der Waals surface area contributed by atoms with Crippen LogP contribution in [0.2, 0.25) is 10.0 Å². The number of rotatable bonds is 7. The molecule has 1 unspecified atom stereocenters. The molecule has 0 aromatic heterocycles. The third kappa shape index (κ3) is 5.98. The van der Waals surface area contributed by atoms with Gasteiger partial charge in [-0.1, -0.05) is 30.1 Å². The number of methoxy groups -OCH3 is 1. The summed E-state index contributed by atoms with van der Waals surface area (Å²) in [5, 5.41) is 4.72. The van der Waals surface area contributed by atoms with E-state index in [4.69, 9.17) is 27.9 Å². The van der Waals surface area contributed by atoms with Gasteiger partial charge in [0.15, 0.2) is 0 Å². The molecule has 1 rings (SSSR count). The summed E-state index contributed by atoms with van der Waals surface area (Å²) in [6, 6.07) is 5.93. The van der Waals surface area contributed by atoms with Gasteiger partial charge in [-0.2, -0.15) is 0 Å². The minimum absolute atomic E-state index is 0.341. The molecule has 0 aliphatic carbocycles. The molecular formula is C12H17Cl2NOS. The van der Waals surface area contributed by atoms with Crippen molar-refractivity contribution in [1.82, 2.24) is 5.32 Å². The van der Waals surface area contributed by atoms with Crippen LogP contribution in [-0.4, -0.2) is 32.1 Å². The summed E-state index contributed by atoms with van der Waals surface area (Å²) in [6.07, 6.45) is 0. The van der Waals surface area contributed by atoms with Crippen LogP contribution in [-0.2, 0) is 4.74 Å². The zero-order valence-corrected chi connectivity index (χ0v) is 12.3. The number of halogens is 2. The Kier molecular flexibility index (Phi) is 7.32. The Bertz CT molecular complexity index is 323. The Morgan fingerprint density at radius 2 is 1.94 bits per heavy atom. The molecule has 0 saturated carbocycles. The lowest BCUT2D eigenvalue weighted by Crippen LogP contribution is -2.35. The highest BCUT2D eigenvalue weighted by atomic mass is 35.5. The van der Waals surface area contributed by atoms with E-state index in [0.717, 1.165) is 17.2 Å². The van der Waals surface area contributed by atoms with Crippen molar-refractivity contribution in [2.75, 3.05) is 26.0 Å². The van der Waals surface area contributed by atoms with E-state index in [1.807, 2.05) is 12.1 Å². The molecule has 0 aliphatic heterocycles. The highest BCUT2D eigenvalue weighted by molar-refractivity contribution is 7.99. The van der Waals surface area contributed by atoms with E-state index in [1.165, 1.54) is 0 Å². The Balaban J connectivity index is 2.52. The largest absolute Gasteiger partial charge is 0.383 e. The van der Waals surface area contributed by atoms with Crippen molar-refractivity contribution in [3.05, 3.63) is 28.2 Å². The van der Waals surface area contributed by atoms with Gasteiger partial charge in [0.2, 0.25) is 0 Å².